The number of ether oxygens (including phenoxy) is 2. The van der Waals surface area contributed by atoms with Gasteiger partial charge in [0.25, 0.3) is 0 Å². The predicted molar refractivity (Wildman–Crippen MR) is 147 cm³/mol. The van der Waals surface area contributed by atoms with Crippen LogP contribution in [0.3, 0.4) is 0 Å². The molecule has 0 heterocycles. The molecule has 0 aliphatic rings. The number of hydrogen-bond acceptors (Lipinski definition) is 5. The van der Waals surface area contributed by atoms with Gasteiger partial charge in [-0.05, 0) is 89.9 Å². The molecule has 194 valence electrons. The minimum atomic E-state index is -2.36. The summed E-state index contributed by atoms with van der Waals surface area (Å²) in [4.78, 5) is 0. The van der Waals surface area contributed by atoms with Crippen LogP contribution < -0.4 is 4.74 Å². The number of aryl methyl sites for hydroxylation is 2. The van der Waals surface area contributed by atoms with Crippen molar-refractivity contribution in [3.05, 3.63) is 93.0 Å². The van der Waals surface area contributed by atoms with E-state index in [0.29, 0.717) is 29.5 Å². The van der Waals surface area contributed by atoms with Crippen molar-refractivity contribution in [1.29, 1.82) is 0 Å². The van der Waals surface area contributed by atoms with Crippen LogP contribution in [0.4, 0.5) is 0 Å². The van der Waals surface area contributed by atoms with E-state index in [0.717, 1.165) is 34.2 Å². The summed E-state index contributed by atoms with van der Waals surface area (Å²) in [5, 5.41) is 10.8. The van der Waals surface area contributed by atoms with E-state index in [1.54, 1.807) is 13.2 Å². The molecule has 3 aromatic rings. The highest BCUT2D eigenvalue weighted by Gasteiger charge is 2.14. The molecule has 5 nitrogen and oxygen atoms in total. The van der Waals surface area contributed by atoms with Crippen molar-refractivity contribution in [2.75, 3.05) is 20.1 Å². The summed E-state index contributed by atoms with van der Waals surface area (Å²) in [5.74, 6) is 1.27. The molecule has 0 aromatic heterocycles. The average molecular weight is 531 g/mol. The number of halogens is 1. The van der Waals surface area contributed by atoms with Crippen LogP contribution in [-0.4, -0.2) is 25.2 Å². The monoisotopic (exact) mass is 530 g/mol. The molecule has 0 fully saturated rings. The van der Waals surface area contributed by atoms with Crippen LogP contribution in [-0.2, 0) is 20.2 Å². The van der Waals surface area contributed by atoms with E-state index in [2.05, 4.69) is 33.8 Å². The Morgan fingerprint density at radius 1 is 1.03 bits per heavy atom. The lowest BCUT2D eigenvalue weighted by atomic mass is 9.93. The first-order chi connectivity index (χ1) is 17.2. The number of methoxy groups -OCH3 is 1. The van der Waals surface area contributed by atoms with Crippen molar-refractivity contribution in [1.82, 2.24) is 0 Å². The van der Waals surface area contributed by atoms with E-state index in [1.807, 2.05) is 42.5 Å². The molecule has 36 heavy (non-hydrogen) atoms. The number of benzene rings is 3. The summed E-state index contributed by atoms with van der Waals surface area (Å²) in [6.45, 7) is 8.56. The maximum absolute atomic E-state index is 12.4. The first-order valence-electron chi connectivity index (χ1n) is 12.2. The second-order valence-corrected chi connectivity index (χ2v) is 11.1. The molecule has 3 rings (SSSR count). The highest BCUT2D eigenvalue weighted by molar-refractivity contribution is 7.38. The third kappa shape index (κ3) is 7.85. The van der Waals surface area contributed by atoms with Crippen molar-refractivity contribution < 1.29 is 23.7 Å². The van der Waals surface area contributed by atoms with Crippen LogP contribution in [0.15, 0.2) is 54.6 Å². The lowest BCUT2D eigenvalue weighted by Crippen LogP contribution is -2.05. The third-order valence-electron chi connectivity index (χ3n) is 6.27. The molecular weight excluding hydrogens is 495 g/mol. The van der Waals surface area contributed by atoms with E-state index < -0.39 is 8.03 Å². The van der Waals surface area contributed by atoms with E-state index in [1.165, 1.54) is 5.56 Å². The van der Waals surface area contributed by atoms with Crippen molar-refractivity contribution in [3.8, 4) is 11.5 Å². The lowest BCUT2D eigenvalue weighted by Gasteiger charge is -2.17. The van der Waals surface area contributed by atoms with Gasteiger partial charge >= 0.3 is 0 Å². The van der Waals surface area contributed by atoms with Crippen LogP contribution in [0.5, 0.6) is 11.5 Å². The van der Waals surface area contributed by atoms with Gasteiger partial charge in [-0.15, -0.1) is 0 Å². The second kappa shape index (κ2) is 13.3. The molecule has 0 spiro atoms. The highest BCUT2D eigenvalue weighted by atomic mass is 35.5. The predicted octanol–water partition coefficient (Wildman–Crippen LogP) is 7.98. The molecule has 0 aliphatic carbocycles. The Morgan fingerprint density at radius 2 is 1.75 bits per heavy atom. The van der Waals surface area contributed by atoms with Crippen molar-refractivity contribution >= 4 is 19.6 Å². The van der Waals surface area contributed by atoms with E-state index in [9.17, 15) is 9.67 Å². The zero-order chi connectivity index (χ0) is 26.2. The molecular formula is C29H36ClO5P. The number of rotatable bonds is 12. The fraction of sp³-hybridized carbons (Fsp3) is 0.379. The molecule has 0 amide bonds. The van der Waals surface area contributed by atoms with E-state index in [-0.39, 0.29) is 18.4 Å². The van der Waals surface area contributed by atoms with Crippen LogP contribution in [0.25, 0.3) is 0 Å². The zero-order valence-electron chi connectivity index (χ0n) is 21.6. The molecule has 1 N–H and O–H groups in total. The van der Waals surface area contributed by atoms with Crippen LogP contribution in [0.2, 0.25) is 5.02 Å². The minimum Gasteiger partial charge on any atom is -0.508 e. The first-order valence-corrected chi connectivity index (χ1v) is 14.1. The minimum absolute atomic E-state index is 0.0212. The van der Waals surface area contributed by atoms with Gasteiger partial charge in [0.1, 0.15) is 11.5 Å². The number of aromatic hydroxyl groups is 1. The standard InChI is InChI=1S/C29H36ClO5P/c1-19(2)26-15-22(9-10-28(26)31)16-27-20(3)13-25(14-21(27)4)34-18-36(32)35-12-11-29(33-5)23-7-6-8-24(30)17-23/h6-10,13-15,17,19,29,31,36H,11-12,16,18H2,1-5H3/t29-/m0/s1. The molecule has 0 saturated carbocycles. The maximum atomic E-state index is 12.4. The first kappa shape index (κ1) is 28.3. The molecule has 7 heteroatoms. The lowest BCUT2D eigenvalue weighted by molar-refractivity contribution is 0.0820. The highest BCUT2D eigenvalue weighted by Crippen LogP contribution is 2.31. The second-order valence-electron chi connectivity index (χ2n) is 9.34. The SMILES string of the molecule is CO[C@@H](CCO[PH](=O)COc1cc(C)c(Cc2ccc(O)c(C(C)C)c2)c(C)c1)c1cccc(Cl)c1. The summed E-state index contributed by atoms with van der Waals surface area (Å²) in [6, 6.07) is 17.3. The molecule has 3 aromatic carbocycles. The van der Waals surface area contributed by atoms with Gasteiger partial charge in [0, 0.05) is 18.6 Å². The van der Waals surface area contributed by atoms with Gasteiger partial charge in [0.2, 0.25) is 8.03 Å². The molecule has 1 unspecified atom stereocenters. The summed E-state index contributed by atoms with van der Waals surface area (Å²) in [6.07, 6.45) is 1.18. The Balaban J connectivity index is 1.54. The van der Waals surface area contributed by atoms with Crippen LogP contribution in [0, 0.1) is 13.8 Å². The molecule has 0 radical (unpaired) electrons. The van der Waals surface area contributed by atoms with Crippen LogP contribution in [0.1, 0.15) is 65.7 Å². The van der Waals surface area contributed by atoms with E-state index in [4.69, 9.17) is 25.6 Å². The number of hydrogen-bond donors (Lipinski definition) is 1. The van der Waals surface area contributed by atoms with Crippen LogP contribution >= 0.6 is 19.6 Å². The summed E-state index contributed by atoms with van der Waals surface area (Å²) >= 11 is 6.07. The maximum Gasteiger partial charge on any atom is 0.227 e. The van der Waals surface area contributed by atoms with Gasteiger partial charge in [0.15, 0.2) is 6.35 Å². The fourth-order valence-electron chi connectivity index (χ4n) is 4.29. The Hall–Kier alpha value is -2.30. The number of phenols is 1. The summed E-state index contributed by atoms with van der Waals surface area (Å²) in [7, 11) is -0.722. The molecule has 2 atom stereocenters. The van der Waals surface area contributed by atoms with Gasteiger partial charge < -0.3 is 19.1 Å². The molecule has 0 aliphatic heterocycles. The van der Waals surface area contributed by atoms with Crippen molar-refractivity contribution in [2.45, 2.75) is 52.6 Å². The van der Waals surface area contributed by atoms with Gasteiger partial charge in [0.05, 0.1) is 12.7 Å². The van der Waals surface area contributed by atoms with E-state index >= 15 is 0 Å². The Labute approximate surface area is 220 Å². The third-order valence-corrected chi connectivity index (χ3v) is 7.41. The normalized spacial score (nSPS) is 13.1. The molecule has 0 bridgehead atoms. The Bertz CT molecular complexity index is 1170. The fourth-order valence-corrected chi connectivity index (χ4v) is 5.20. The summed E-state index contributed by atoms with van der Waals surface area (Å²) < 4.78 is 29.3. The summed E-state index contributed by atoms with van der Waals surface area (Å²) in [5.41, 5.74) is 6.50. The number of phenolic OH excluding ortho intramolecular Hbond substituents is 1. The average Bonchev–Trinajstić information content (AvgIpc) is 2.83. The van der Waals surface area contributed by atoms with Crippen molar-refractivity contribution in [2.24, 2.45) is 0 Å². The van der Waals surface area contributed by atoms with Gasteiger partial charge in [-0.2, -0.15) is 0 Å². The molecule has 0 saturated heterocycles. The Morgan fingerprint density at radius 3 is 2.39 bits per heavy atom. The van der Waals surface area contributed by atoms with Gasteiger partial charge in [-0.1, -0.05) is 49.7 Å². The Kier molecular flexibility index (Phi) is 10.4. The largest absolute Gasteiger partial charge is 0.508 e. The zero-order valence-corrected chi connectivity index (χ0v) is 23.4. The van der Waals surface area contributed by atoms with Gasteiger partial charge in [-0.3, -0.25) is 4.57 Å². The topological polar surface area (TPSA) is 65.0 Å². The quantitative estimate of drug-likeness (QED) is 0.240. The van der Waals surface area contributed by atoms with Gasteiger partial charge in [-0.25, -0.2) is 0 Å². The van der Waals surface area contributed by atoms with Crippen molar-refractivity contribution in [3.63, 3.8) is 0 Å². The smallest absolute Gasteiger partial charge is 0.227 e.